The number of aromatic nitrogens is 3. The summed E-state index contributed by atoms with van der Waals surface area (Å²) in [6.45, 7) is -0.951. The molecule has 5 rings (SSSR count). The molecule has 1 aliphatic heterocycles. The van der Waals surface area contributed by atoms with Gasteiger partial charge in [0.1, 0.15) is 17.7 Å². The lowest BCUT2D eigenvalue weighted by molar-refractivity contribution is 0.268. The molecule has 0 bridgehead atoms. The SMILES string of the molecule is COc1cnc2c(Cc3cc(F)c(F)c([C@@]4(CF)N=C(N)S[C@H]5C[C@H]54)c3)nccc2n1. The minimum absolute atomic E-state index is 0.0735. The van der Waals surface area contributed by atoms with Crippen molar-refractivity contribution in [2.24, 2.45) is 16.6 Å². The number of alkyl halides is 1. The van der Waals surface area contributed by atoms with E-state index in [9.17, 15) is 13.2 Å². The lowest BCUT2D eigenvalue weighted by atomic mass is 9.84. The van der Waals surface area contributed by atoms with Gasteiger partial charge < -0.3 is 10.5 Å². The van der Waals surface area contributed by atoms with E-state index < -0.39 is 23.8 Å². The lowest BCUT2D eigenvalue weighted by Crippen LogP contribution is -2.37. The van der Waals surface area contributed by atoms with Crippen LogP contribution in [-0.2, 0) is 12.0 Å². The number of rotatable bonds is 5. The summed E-state index contributed by atoms with van der Waals surface area (Å²) < 4.78 is 48.9. The van der Waals surface area contributed by atoms with E-state index in [4.69, 9.17) is 10.5 Å². The number of thioether (sulfide) groups is 1. The van der Waals surface area contributed by atoms with Gasteiger partial charge in [0.25, 0.3) is 0 Å². The Morgan fingerprint density at radius 2 is 2.13 bits per heavy atom. The standard InChI is InChI=1S/C21H18F3N5OS/c1-30-17-8-27-19-14(28-17)2-3-26-15(19)6-10-4-12(18(24)13(23)5-10)21(9-22)11-7-16(11)31-20(25)29-21/h2-5,8,11,16H,6-7,9H2,1H3,(H2,25,29)/t11-,16+,21+/m1/s1. The number of ether oxygens (including phenoxy) is 1. The summed E-state index contributed by atoms with van der Waals surface area (Å²) in [6.07, 6.45) is 3.85. The zero-order valence-electron chi connectivity index (χ0n) is 16.5. The van der Waals surface area contributed by atoms with Gasteiger partial charge in [-0.1, -0.05) is 11.8 Å². The second kappa shape index (κ2) is 7.37. The number of hydrogen-bond acceptors (Lipinski definition) is 7. The van der Waals surface area contributed by atoms with E-state index in [0.717, 1.165) is 6.07 Å². The number of aliphatic imine (C=N–C) groups is 1. The Labute approximate surface area is 180 Å². The zero-order valence-corrected chi connectivity index (χ0v) is 17.3. The first-order valence-corrected chi connectivity index (χ1v) is 10.5. The quantitative estimate of drug-likeness (QED) is 0.647. The van der Waals surface area contributed by atoms with Crippen molar-refractivity contribution < 1.29 is 17.9 Å². The predicted octanol–water partition coefficient (Wildman–Crippen LogP) is 3.52. The van der Waals surface area contributed by atoms with Crippen LogP contribution in [0.4, 0.5) is 13.2 Å². The summed E-state index contributed by atoms with van der Waals surface area (Å²) in [5.41, 5.74) is 6.32. The fraction of sp³-hybridized carbons (Fsp3) is 0.333. The first-order valence-electron chi connectivity index (χ1n) is 9.66. The normalized spacial score (nSPS) is 24.6. The van der Waals surface area contributed by atoms with Crippen LogP contribution in [-0.4, -0.2) is 39.2 Å². The molecule has 0 unspecified atom stereocenters. The van der Waals surface area contributed by atoms with Crippen molar-refractivity contribution in [1.82, 2.24) is 15.0 Å². The maximum atomic E-state index is 14.9. The average Bonchev–Trinajstić information content (AvgIpc) is 3.55. The highest BCUT2D eigenvalue weighted by atomic mass is 32.2. The van der Waals surface area contributed by atoms with Gasteiger partial charge in [-0.25, -0.2) is 28.1 Å². The molecule has 1 fully saturated rings. The van der Waals surface area contributed by atoms with Crippen LogP contribution in [0.25, 0.3) is 11.0 Å². The van der Waals surface area contributed by atoms with Gasteiger partial charge in [0.2, 0.25) is 5.88 Å². The maximum absolute atomic E-state index is 14.9. The number of pyridine rings is 1. The Morgan fingerprint density at radius 1 is 1.29 bits per heavy atom. The van der Waals surface area contributed by atoms with Crippen molar-refractivity contribution in [1.29, 1.82) is 0 Å². The number of benzene rings is 1. The summed E-state index contributed by atoms with van der Waals surface area (Å²) in [4.78, 5) is 17.3. The Balaban J connectivity index is 1.59. The fourth-order valence-electron chi connectivity index (χ4n) is 4.19. The summed E-state index contributed by atoms with van der Waals surface area (Å²) in [7, 11) is 1.49. The van der Waals surface area contributed by atoms with Crippen LogP contribution in [0, 0.1) is 17.6 Å². The van der Waals surface area contributed by atoms with E-state index in [-0.39, 0.29) is 28.3 Å². The Hall–Kier alpha value is -2.88. The molecule has 160 valence electrons. The molecule has 0 radical (unpaired) electrons. The molecule has 0 spiro atoms. The summed E-state index contributed by atoms with van der Waals surface area (Å²) in [5, 5.41) is 0.269. The number of amidine groups is 1. The van der Waals surface area contributed by atoms with E-state index in [2.05, 4.69) is 19.9 Å². The molecule has 31 heavy (non-hydrogen) atoms. The molecular formula is C21H18F3N5OS. The van der Waals surface area contributed by atoms with Gasteiger partial charge in [-0.2, -0.15) is 0 Å². The van der Waals surface area contributed by atoms with Gasteiger partial charge in [0.15, 0.2) is 16.8 Å². The number of nitrogens with two attached hydrogens (primary N) is 1. The van der Waals surface area contributed by atoms with Crippen LogP contribution in [0.2, 0.25) is 0 Å². The molecule has 3 heterocycles. The van der Waals surface area contributed by atoms with E-state index >= 15 is 0 Å². The van der Waals surface area contributed by atoms with Crippen molar-refractivity contribution in [3.8, 4) is 5.88 Å². The summed E-state index contributed by atoms with van der Waals surface area (Å²) in [5.74, 6) is -2.01. The topological polar surface area (TPSA) is 86.3 Å². The van der Waals surface area contributed by atoms with Gasteiger partial charge in [0, 0.05) is 29.3 Å². The van der Waals surface area contributed by atoms with Crippen LogP contribution in [0.3, 0.4) is 0 Å². The summed E-state index contributed by atoms with van der Waals surface area (Å²) in [6, 6.07) is 4.25. The first kappa shape index (κ1) is 20.0. The molecule has 1 aromatic carbocycles. The molecule has 0 amide bonds. The highest BCUT2D eigenvalue weighted by Gasteiger charge is 2.58. The molecule has 2 N–H and O–H groups in total. The fourth-order valence-corrected chi connectivity index (χ4v) is 5.41. The highest BCUT2D eigenvalue weighted by molar-refractivity contribution is 8.14. The van der Waals surface area contributed by atoms with Crippen LogP contribution in [0.15, 0.2) is 35.6 Å². The van der Waals surface area contributed by atoms with Crippen LogP contribution in [0.5, 0.6) is 5.88 Å². The second-order valence-electron chi connectivity index (χ2n) is 7.66. The van der Waals surface area contributed by atoms with Crippen molar-refractivity contribution in [2.45, 2.75) is 23.6 Å². The van der Waals surface area contributed by atoms with Crippen molar-refractivity contribution in [2.75, 3.05) is 13.8 Å². The molecule has 2 aliphatic rings. The number of halogens is 3. The first-order chi connectivity index (χ1) is 14.9. The lowest BCUT2D eigenvalue weighted by Gasteiger charge is -2.32. The smallest absolute Gasteiger partial charge is 0.232 e. The minimum Gasteiger partial charge on any atom is -0.480 e. The van der Waals surface area contributed by atoms with Crippen LogP contribution in [0.1, 0.15) is 23.2 Å². The molecule has 1 aliphatic carbocycles. The molecule has 10 heteroatoms. The molecular weight excluding hydrogens is 427 g/mol. The Kier molecular flexibility index (Phi) is 4.76. The monoisotopic (exact) mass is 445 g/mol. The number of methoxy groups -OCH3 is 1. The average molecular weight is 445 g/mol. The third-order valence-corrected chi connectivity index (χ3v) is 6.94. The van der Waals surface area contributed by atoms with E-state index in [1.165, 1.54) is 31.1 Å². The van der Waals surface area contributed by atoms with E-state index in [0.29, 0.717) is 34.6 Å². The van der Waals surface area contributed by atoms with Gasteiger partial charge >= 0.3 is 0 Å². The number of hydrogen-bond donors (Lipinski definition) is 1. The van der Waals surface area contributed by atoms with Crippen LogP contribution >= 0.6 is 11.8 Å². The molecule has 3 aromatic rings. The molecule has 6 nitrogen and oxygen atoms in total. The second-order valence-corrected chi connectivity index (χ2v) is 8.92. The maximum Gasteiger partial charge on any atom is 0.232 e. The van der Waals surface area contributed by atoms with Crippen molar-refractivity contribution in [3.63, 3.8) is 0 Å². The number of fused-ring (bicyclic) bond motifs is 2. The third-order valence-electron chi connectivity index (χ3n) is 5.78. The predicted molar refractivity (Wildman–Crippen MR) is 112 cm³/mol. The number of nitrogens with zero attached hydrogens (tertiary/aromatic N) is 4. The third kappa shape index (κ3) is 3.29. The van der Waals surface area contributed by atoms with Gasteiger partial charge in [-0.3, -0.25) is 4.98 Å². The highest BCUT2D eigenvalue weighted by Crippen LogP contribution is 2.58. The van der Waals surface area contributed by atoms with Gasteiger partial charge in [0.05, 0.1) is 24.5 Å². The van der Waals surface area contributed by atoms with E-state index in [1.54, 1.807) is 12.3 Å². The Bertz CT molecular complexity index is 1220. The van der Waals surface area contributed by atoms with Crippen LogP contribution < -0.4 is 10.5 Å². The zero-order chi connectivity index (χ0) is 21.8. The Morgan fingerprint density at radius 3 is 2.90 bits per heavy atom. The van der Waals surface area contributed by atoms with E-state index in [1.807, 2.05) is 0 Å². The largest absolute Gasteiger partial charge is 0.480 e. The molecule has 1 saturated carbocycles. The molecule has 0 saturated heterocycles. The minimum atomic E-state index is -1.50. The van der Waals surface area contributed by atoms with Gasteiger partial charge in [-0.15, -0.1) is 0 Å². The summed E-state index contributed by atoms with van der Waals surface area (Å²) >= 11 is 1.36. The van der Waals surface area contributed by atoms with Gasteiger partial charge in [-0.05, 0) is 30.2 Å². The molecule has 2 aromatic heterocycles. The van der Waals surface area contributed by atoms with Crippen molar-refractivity contribution in [3.05, 3.63) is 59.0 Å². The molecule has 3 atom stereocenters. The van der Waals surface area contributed by atoms with Crippen molar-refractivity contribution >= 4 is 28.0 Å².